The molecule has 1 atom stereocenters. The average molecular weight is 186 g/mol. The first kappa shape index (κ1) is 9.15. The van der Waals surface area contributed by atoms with Gasteiger partial charge in [-0.15, -0.1) is 12.3 Å². The van der Waals surface area contributed by atoms with E-state index in [0.717, 1.165) is 12.3 Å². The van der Waals surface area contributed by atoms with Crippen LogP contribution in [-0.4, -0.2) is 5.11 Å². The molecule has 0 aromatic heterocycles. The summed E-state index contributed by atoms with van der Waals surface area (Å²) in [5, 5.41) is 9.38. The molecular formula is C13H14O. The molecule has 1 aliphatic carbocycles. The maximum Gasteiger partial charge on any atom is 0.115 e. The summed E-state index contributed by atoms with van der Waals surface area (Å²) in [6.45, 7) is 0. The molecule has 0 bridgehead atoms. The molecule has 1 N–H and O–H groups in total. The van der Waals surface area contributed by atoms with E-state index in [1.807, 2.05) is 12.1 Å². The molecule has 0 saturated heterocycles. The first-order chi connectivity index (χ1) is 6.81. The molecule has 1 heteroatoms. The number of aromatic hydroxyl groups is 1. The van der Waals surface area contributed by atoms with E-state index in [1.54, 1.807) is 6.07 Å². The van der Waals surface area contributed by atoms with Crippen LogP contribution in [0.1, 0.15) is 30.7 Å². The molecule has 0 heterocycles. The molecule has 1 aromatic carbocycles. The van der Waals surface area contributed by atoms with Crippen LogP contribution < -0.4 is 0 Å². The summed E-state index contributed by atoms with van der Waals surface area (Å²) in [4.78, 5) is 0. The van der Waals surface area contributed by atoms with Crippen molar-refractivity contribution in [2.45, 2.75) is 25.2 Å². The second kappa shape index (κ2) is 3.75. The maximum absolute atomic E-state index is 9.38. The van der Waals surface area contributed by atoms with E-state index in [4.69, 9.17) is 6.42 Å². The van der Waals surface area contributed by atoms with Crippen molar-refractivity contribution in [3.63, 3.8) is 0 Å². The minimum atomic E-state index is 0.338. The number of hydrogen-bond acceptors (Lipinski definition) is 1. The summed E-state index contributed by atoms with van der Waals surface area (Å²) >= 11 is 0. The molecule has 1 fully saturated rings. The quantitative estimate of drug-likeness (QED) is 0.719. The maximum atomic E-state index is 9.38. The Kier molecular flexibility index (Phi) is 2.45. The van der Waals surface area contributed by atoms with Crippen molar-refractivity contribution < 1.29 is 5.11 Å². The number of benzene rings is 1. The summed E-state index contributed by atoms with van der Waals surface area (Å²) in [6, 6.07) is 7.47. The topological polar surface area (TPSA) is 20.2 Å². The fourth-order valence-electron chi connectivity index (χ4n) is 1.94. The molecule has 0 aliphatic heterocycles. The van der Waals surface area contributed by atoms with Crippen LogP contribution >= 0.6 is 0 Å². The monoisotopic (exact) mass is 186 g/mol. The van der Waals surface area contributed by atoms with Gasteiger partial charge in [-0.05, 0) is 42.4 Å². The molecule has 1 aromatic rings. The zero-order chi connectivity index (χ0) is 9.97. The number of rotatable bonds is 3. The highest BCUT2D eigenvalue weighted by molar-refractivity contribution is 5.31. The average Bonchev–Trinajstić information content (AvgIpc) is 2.97. The van der Waals surface area contributed by atoms with Gasteiger partial charge < -0.3 is 5.11 Å². The Morgan fingerprint density at radius 1 is 1.50 bits per heavy atom. The molecule has 72 valence electrons. The first-order valence-electron chi connectivity index (χ1n) is 5.03. The third-order valence-corrected chi connectivity index (χ3v) is 2.83. The Morgan fingerprint density at radius 2 is 2.29 bits per heavy atom. The van der Waals surface area contributed by atoms with Gasteiger partial charge in [0.1, 0.15) is 5.75 Å². The van der Waals surface area contributed by atoms with Gasteiger partial charge in [-0.2, -0.15) is 0 Å². The van der Waals surface area contributed by atoms with Crippen molar-refractivity contribution >= 4 is 0 Å². The largest absolute Gasteiger partial charge is 0.508 e. The van der Waals surface area contributed by atoms with Gasteiger partial charge in [-0.25, -0.2) is 0 Å². The van der Waals surface area contributed by atoms with E-state index < -0.39 is 0 Å². The SMILES string of the molecule is C#CC[C@H](c1cccc(O)c1)C1CC1. The van der Waals surface area contributed by atoms with Crippen molar-refractivity contribution in [1.29, 1.82) is 0 Å². The van der Waals surface area contributed by atoms with Crippen molar-refractivity contribution in [2.75, 3.05) is 0 Å². The Balaban J connectivity index is 2.21. The minimum Gasteiger partial charge on any atom is -0.508 e. The Morgan fingerprint density at radius 3 is 2.86 bits per heavy atom. The van der Waals surface area contributed by atoms with E-state index in [9.17, 15) is 5.11 Å². The van der Waals surface area contributed by atoms with Gasteiger partial charge in [0.15, 0.2) is 0 Å². The highest BCUT2D eigenvalue weighted by Gasteiger charge is 2.31. The number of terminal acetylenes is 1. The second-order valence-electron chi connectivity index (χ2n) is 3.95. The third kappa shape index (κ3) is 1.90. The van der Waals surface area contributed by atoms with Crippen LogP contribution in [0.2, 0.25) is 0 Å². The van der Waals surface area contributed by atoms with Crippen LogP contribution in [0.25, 0.3) is 0 Å². The lowest BCUT2D eigenvalue weighted by atomic mass is 9.91. The molecule has 1 nitrogen and oxygen atoms in total. The summed E-state index contributed by atoms with van der Waals surface area (Å²) in [5.41, 5.74) is 1.19. The van der Waals surface area contributed by atoms with Gasteiger partial charge in [-0.1, -0.05) is 12.1 Å². The fraction of sp³-hybridized carbons (Fsp3) is 0.385. The first-order valence-corrected chi connectivity index (χ1v) is 5.03. The minimum absolute atomic E-state index is 0.338. The van der Waals surface area contributed by atoms with Gasteiger partial charge in [0, 0.05) is 6.42 Å². The van der Waals surface area contributed by atoms with Gasteiger partial charge >= 0.3 is 0 Å². The second-order valence-corrected chi connectivity index (χ2v) is 3.95. The fourth-order valence-corrected chi connectivity index (χ4v) is 1.94. The van der Waals surface area contributed by atoms with Crippen LogP contribution in [0.4, 0.5) is 0 Å². The predicted octanol–water partition coefficient (Wildman–Crippen LogP) is 2.91. The smallest absolute Gasteiger partial charge is 0.115 e. The summed E-state index contributed by atoms with van der Waals surface area (Å²) in [6.07, 6.45) is 8.70. The third-order valence-electron chi connectivity index (χ3n) is 2.83. The lowest BCUT2D eigenvalue weighted by Crippen LogP contribution is -1.99. The number of phenolic OH excluding ortho intramolecular Hbond substituents is 1. The highest BCUT2D eigenvalue weighted by atomic mass is 16.3. The van der Waals surface area contributed by atoms with Crippen LogP contribution in [0.3, 0.4) is 0 Å². The van der Waals surface area contributed by atoms with Crippen LogP contribution in [0.15, 0.2) is 24.3 Å². The molecule has 0 spiro atoms. The Labute approximate surface area is 84.8 Å². The lowest BCUT2D eigenvalue weighted by Gasteiger charge is -2.13. The molecule has 14 heavy (non-hydrogen) atoms. The highest BCUT2D eigenvalue weighted by Crippen LogP contribution is 2.44. The lowest BCUT2D eigenvalue weighted by molar-refractivity contribution is 0.472. The Hall–Kier alpha value is -1.42. The van der Waals surface area contributed by atoms with E-state index in [-0.39, 0.29) is 0 Å². The molecule has 0 amide bonds. The number of phenols is 1. The predicted molar refractivity (Wildman–Crippen MR) is 57.0 cm³/mol. The number of hydrogen-bond donors (Lipinski definition) is 1. The van der Waals surface area contributed by atoms with E-state index in [2.05, 4.69) is 12.0 Å². The van der Waals surface area contributed by atoms with Crippen molar-refractivity contribution in [2.24, 2.45) is 5.92 Å². The molecular weight excluding hydrogens is 172 g/mol. The van der Waals surface area contributed by atoms with Crippen LogP contribution in [0, 0.1) is 18.3 Å². The van der Waals surface area contributed by atoms with Crippen LogP contribution in [0.5, 0.6) is 5.75 Å². The standard InChI is InChI=1S/C13H14O/c1-2-4-13(10-7-8-10)11-5-3-6-12(14)9-11/h1,3,5-6,9-10,13-14H,4,7-8H2/t13-/m0/s1. The van der Waals surface area contributed by atoms with Crippen LogP contribution in [-0.2, 0) is 0 Å². The van der Waals surface area contributed by atoms with Crippen molar-refractivity contribution in [3.8, 4) is 18.1 Å². The summed E-state index contributed by atoms with van der Waals surface area (Å²) in [5.74, 6) is 4.26. The molecule has 2 rings (SSSR count). The van der Waals surface area contributed by atoms with E-state index >= 15 is 0 Å². The van der Waals surface area contributed by atoms with Crippen molar-refractivity contribution in [1.82, 2.24) is 0 Å². The zero-order valence-electron chi connectivity index (χ0n) is 8.11. The van der Waals surface area contributed by atoms with Gasteiger partial charge in [-0.3, -0.25) is 0 Å². The van der Waals surface area contributed by atoms with Gasteiger partial charge in [0.2, 0.25) is 0 Å². The molecule has 0 unspecified atom stereocenters. The van der Waals surface area contributed by atoms with Gasteiger partial charge in [0.05, 0.1) is 0 Å². The van der Waals surface area contributed by atoms with E-state index in [0.29, 0.717) is 11.7 Å². The zero-order valence-corrected chi connectivity index (χ0v) is 8.11. The summed E-state index contributed by atoms with van der Waals surface area (Å²) < 4.78 is 0. The summed E-state index contributed by atoms with van der Waals surface area (Å²) in [7, 11) is 0. The molecule has 1 aliphatic rings. The van der Waals surface area contributed by atoms with Gasteiger partial charge in [0.25, 0.3) is 0 Å². The normalized spacial score (nSPS) is 17.4. The Bertz CT molecular complexity index is 358. The van der Waals surface area contributed by atoms with Crippen molar-refractivity contribution in [3.05, 3.63) is 29.8 Å². The molecule has 0 radical (unpaired) electrons. The van der Waals surface area contributed by atoms with E-state index in [1.165, 1.54) is 18.4 Å². The molecule has 1 saturated carbocycles.